The van der Waals surface area contributed by atoms with Crippen molar-refractivity contribution in [2.24, 2.45) is 0 Å². The van der Waals surface area contributed by atoms with Crippen LogP contribution < -0.4 is 10.4 Å². The van der Waals surface area contributed by atoms with E-state index in [9.17, 15) is 18.4 Å². The van der Waals surface area contributed by atoms with E-state index in [2.05, 4.69) is 29.3 Å². The van der Waals surface area contributed by atoms with Gasteiger partial charge < -0.3 is 4.90 Å². The van der Waals surface area contributed by atoms with Crippen LogP contribution in [0.1, 0.15) is 64.5 Å². The highest BCUT2D eigenvalue weighted by atomic mass is 32.2. The van der Waals surface area contributed by atoms with Gasteiger partial charge in [0.15, 0.2) is 5.43 Å². The molecule has 0 radical (unpaired) electrons. The van der Waals surface area contributed by atoms with Crippen molar-refractivity contribution in [3.05, 3.63) is 99.0 Å². The van der Waals surface area contributed by atoms with E-state index in [1.54, 1.807) is 29.8 Å². The van der Waals surface area contributed by atoms with Gasteiger partial charge in [-0.15, -0.1) is 11.8 Å². The smallest absolute Gasteiger partial charge is 0.274 e. The number of rotatable bonds is 2. The third-order valence-corrected chi connectivity index (χ3v) is 8.87. The molecule has 36 heavy (non-hydrogen) atoms. The van der Waals surface area contributed by atoms with Crippen molar-refractivity contribution < 1.29 is 13.6 Å². The van der Waals surface area contributed by atoms with E-state index in [-0.39, 0.29) is 55.8 Å². The number of carbonyl (C=O) groups excluding carboxylic acids is 1. The van der Waals surface area contributed by atoms with Crippen LogP contribution in [0.5, 0.6) is 0 Å². The molecular formula is C28H27F2N3O2S. The second-order valence-electron chi connectivity index (χ2n) is 9.87. The number of aromatic nitrogens is 1. The van der Waals surface area contributed by atoms with E-state index in [0.29, 0.717) is 11.3 Å². The molecule has 5 nitrogen and oxygen atoms in total. The molecule has 0 N–H and O–H groups in total. The first-order valence-corrected chi connectivity index (χ1v) is 13.3. The molecule has 0 bridgehead atoms. The number of pyridine rings is 1. The predicted molar refractivity (Wildman–Crippen MR) is 136 cm³/mol. The van der Waals surface area contributed by atoms with E-state index >= 15 is 0 Å². The van der Waals surface area contributed by atoms with Gasteiger partial charge in [-0.3, -0.25) is 19.3 Å². The fraction of sp³-hybridized carbons (Fsp3) is 0.357. The highest BCUT2D eigenvalue weighted by Crippen LogP contribution is 2.43. The molecule has 6 rings (SSSR count). The van der Waals surface area contributed by atoms with Crippen LogP contribution in [0.15, 0.2) is 70.5 Å². The molecule has 1 saturated carbocycles. The molecule has 2 aliphatic heterocycles. The lowest BCUT2D eigenvalue weighted by molar-refractivity contribution is -0.0523. The average Bonchev–Trinajstić information content (AvgIpc) is 3.04. The van der Waals surface area contributed by atoms with Crippen LogP contribution in [0.2, 0.25) is 0 Å². The van der Waals surface area contributed by atoms with Crippen LogP contribution in [-0.2, 0) is 5.75 Å². The Labute approximate surface area is 212 Å². The molecule has 186 valence electrons. The number of hydrogen-bond donors (Lipinski definition) is 0. The minimum absolute atomic E-state index is 0.205. The summed E-state index contributed by atoms with van der Waals surface area (Å²) in [5, 5.41) is 2.12. The summed E-state index contributed by atoms with van der Waals surface area (Å²) in [6, 6.07) is 17.6. The maximum Gasteiger partial charge on any atom is 0.274 e. The second-order valence-corrected chi connectivity index (χ2v) is 10.9. The number of hydrogen-bond acceptors (Lipinski definition) is 4. The van der Waals surface area contributed by atoms with Gasteiger partial charge in [0.25, 0.3) is 5.91 Å². The first kappa shape index (κ1) is 23.3. The summed E-state index contributed by atoms with van der Waals surface area (Å²) in [7, 11) is 0. The molecule has 2 aromatic carbocycles. The standard InChI is InChI=1S/C28H27F2N3O2S/c1-18-23(34)12-15-32-25(18)27(35)31(20-10-13-28(29,30)14-11-20)17-33(32)26-21-7-3-2-6-19(21)16-36-24-9-5-4-8-22(24)26/h2-9,12,15,20,26H,10-11,13-14,16-17H2,1H3. The van der Waals surface area contributed by atoms with E-state index in [0.717, 1.165) is 16.9 Å². The van der Waals surface area contributed by atoms with Gasteiger partial charge in [-0.1, -0.05) is 42.5 Å². The first-order valence-electron chi connectivity index (χ1n) is 12.3. The van der Waals surface area contributed by atoms with Crippen LogP contribution in [0, 0.1) is 6.92 Å². The maximum atomic E-state index is 14.0. The normalized spacial score (nSPS) is 21.4. The Bertz CT molecular complexity index is 1350. The minimum atomic E-state index is -2.68. The SMILES string of the molecule is Cc1c2n(ccc1=O)N(C1c3ccccc3CSc3ccccc31)CN(C1CCC(F)(F)CC1)C2=O. The van der Waals surface area contributed by atoms with E-state index < -0.39 is 5.92 Å². The molecule has 1 atom stereocenters. The molecule has 1 unspecified atom stereocenters. The Balaban J connectivity index is 1.53. The summed E-state index contributed by atoms with van der Waals surface area (Å²) in [5.41, 5.74) is 3.97. The number of benzene rings is 2. The molecule has 8 heteroatoms. The monoisotopic (exact) mass is 507 g/mol. The van der Waals surface area contributed by atoms with Crippen molar-refractivity contribution in [1.29, 1.82) is 0 Å². The lowest BCUT2D eigenvalue weighted by atomic mass is 9.90. The van der Waals surface area contributed by atoms with Crippen molar-refractivity contribution in [1.82, 2.24) is 9.58 Å². The van der Waals surface area contributed by atoms with Gasteiger partial charge in [0.1, 0.15) is 12.4 Å². The van der Waals surface area contributed by atoms with Gasteiger partial charge in [-0.25, -0.2) is 8.78 Å². The van der Waals surface area contributed by atoms with Crippen molar-refractivity contribution in [3.63, 3.8) is 0 Å². The summed E-state index contributed by atoms with van der Waals surface area (Å²) in [5.74, 6) is -2.12. The van der Waals surface area contributed by atoms with Gasteiger partial charge >= 0.3 is 0 Å². The Morgan fingerprint density at radius 3 is 2.42 bits per heavy atom. The average molecular weight is 508 g/mol. The molecule has 3 aliphatic rings. The largest absolute Gasteiger partial charge is 0.315 e. The van der Waals surface area contributed by atoms with Crippen LogP contribution in [0.25, 0.3) is 0 Å². The molecule has 1 aromatic heterocycles. The topological polar surface area (TPSA) is 45.6 Å². The van der Waals surface area contributed by atoms with Crippen molar-refractivity contribution in [2.75, 3.05) is 11.7 Å². The molecule has 3 heterocycles. The number of carbonyl (C=O) groups is 1. The highest BCUT2D eigenvalue weighted by molar-refractivity contribution is 7.98. The third kappa shape index (κ3) is 3.82. The molecule has 0 spiro atoms. The molecule has 1 aliphatic carbocycles. The summed E-state index contributed by atoms with van der Waals surface area (Å²) < 4.78 is 29.8. The lowest BCUT2D eigenvalue weighted by Gasteiger charge is -2.48. The zero-order valence-corrected chi connectivity index (χ0v) is 20.8. The Kier molecular flexibility index (Phi) is 5.67. The Morgan fingerprint density at radius 1 is 0.944 bits per heavy atom. The molecule has 0 saturated heterocycles. The summed E-state index contributed by atoms with van der Waals surface area (Å²) in [6.45, 7) is 1.93. The van der Waals surface area contributed by atoms with Crippen molar-refractivity contribution in [3.8, 4) is 0 Å². The van der Waals surface area contributed by atoms with E-state index in [1.165, 1.54) is 16.5 Å². The Morgan fingerprint density at radius 2 is 1.64 bits per heavy atom. The Hall–Kier alpha value is -3.13. The van der Waals surface area contributed by atoms with Gasteiger partial charge in [0.2, 0.25) is 5.92 Å². The quantitative estimate of drug-likeness (QED) is 0.461. The van der Waals surface area contributed by atoms with E-state index in [4.69, 9.17) is 0 Å². The molecule has 3 aromatic rings. The number of fused-ring (bicyclic) bond motifs is 3. The summed E-state index contributed by atoms with van der Waals surface area (Å²) >= 11 is 1.79. The lowest BCUT2D eigenvalue weighted by Crippen LogP contribution is -2.59. The van der Waals surface area contributed by atoms with Gasteiger partial charge in [-0.2, -0.15) is 0 Å². The fourth-order valence-electron chi connectivity index (χ4n) is 5.76. The maximum absolute atomic E-state index is 14.0. The number of alkyl halides is 2. The van der Waals surface area contributed by atoms with Gasteiger partial charge in [0.05, 0.1) is 6.04 Å². The molecule has 1 fully saturated rings. The van der Waals surface area contributed by atoms with E-state index in [1.807, 2.05) is 28.9 Å². The first-order chi connectivity index (χ1) is 17.3. The summed E-state index contributed by atoms with van der Waals surface area (Å²) in [4.78, 5) is 29.3. The van der Waals surface area contributed by atoms with Crippen LogP contribution in [0.4, 0.5) is 8.78 Å². The predicted octanol–water partition coefficient (Wildman–Crippen LogP) is 5.48. The fourth-order valence-corrected chi connectivity index (χ4v) is 6.86. The van der Waals surface area contributed by atoms with Gasteiger partial charge in [-0.05, 0) is 42.5 Å². The number of halogens is 2. The number of nitrogens with zero attached hydrogens (tertiary/aromatic N) is 3. The minimum Gasteiger partial charge on any atom is -0.315 e. The van der Waals surface area contributed by atoms with Crippen LogP contribution >= 0.6 is 11.8 Å². The van der Waals surface area contributed by atoms with Crippen molar-refractivity contribution >= 4 is 17.7 Å². The van der Waals surface area contributed by atoms with Crippen molar-refractivity contribution in [2.45, 2.75) is 61.3 Å². The molecular weight excluding hydrogens is 480 g/mol. The van der Waals surface area contributed by atoms with Gasteiger partial charge in [0, 0.05) is 47.4 Å². The zero-order valence-electron chi connectivity index (χ0n) is 20.0. The highest BCUT2D eigenvalue weighted by Gasteiger charge is 2.43. The molecule has 1 amide bonds. The third-order valence-electron chi connectivity index (χ3n) is 7.73. The summed E-state index contributed by atoms with van der Waals surface area (Å²) in [6.07, 6.45) is 1.71. The second kappa shape index (κ2) is 8.76. The zero-order chi connectivity index (χ0) is 25.0. The number of thioether (sulfide) groups is 1. The van der Waals surface area contributed by atoms with Crippen LogP contribution in [0.3, 0.4) is 0 Å². The number of amides is 1. The van der Waals surface area contributed by atoms with Crippen LogP contribution in [-0.4, -0.2) is 34.1 Å².